The molecule has 0 fully saturated rings. The van der Waals surface area contributed by atoms with Crippen molar-refractivity contribution in [3.05, 3.63) is 39.0 Å². The van der Waals surface area contributed by atoms with Crippen LogP contribution in [0.4, 0.5) is 5.82 Å². The van der Waals surface area contributed by atoms with E-state index in [-0.39, 0.29) is 0 Å². The second-order valence-corrected chi connectivity index (χ2v) is 5.57. The molecular weight excluding hydrogens is 301 g/mol. The number of fused-ring (bicyclic) bond motifs is 1. The fourth-order valence-electron chi connectivity index (χ4n) is 1.87. The maximum absolute atomic E-state index is 6.22. The molecule has 0 atom stereocenters. The highest BCUT2D eigenvalue weighted by Gasteiger charge is 2.12. The summed E-state index contributed by atoms with van der Waals surface area (Å²) in [4.78, 5) is 9.04. The first-order valence-electron chi connectivity index (χ1n) is 5.56. The Morgan fingerprint density at radius 1 is 1.21 bits per heavy atom. The van der Waals surface area contributed by atoms with Crippen LogP contribution < -0.4 is 5.32 Å². The molecule has 0 aliphatic carbocycles. The highest BCUT2D eigenvalue weighted by molar-refractivity contribution is 7.08. The van der Waals surface area contributed by atoms with Gasteiger partial charge >= 0.3 is 0 Å². The lowest BCUT2D eigenvalue weighted by Crippen LogP contribution is -1.98. The minimum absolute atomic E-state index is 0.526. The molecule has 1 aromatic carbocycles. The summed E-state index contributed by atoms with van der Waals surface area (Å²) in [6.45, 7) is 0. The van der Waals surface area contributed by atoms with E-state index < -0.39 is 0 Å². The van der Waals surface area contributed by atoms with Crippen LogP contribution in [0.1, 0.15) is 0 Å². The average molecular weight is 310 g/mol. The molecule has 0 radical (unpaired) electrons. The zero-order valence-corrected chi connectivity index (χ0v) is 12.3. The van der Waals surface area contributed by atoms with Crippen molar-refractivity contribution in [2.75, 3.05) is 12.4 Å². The van der Waals surface area contributed by atoms with E-state index in [0.717, 1.165) is 16.8 Å². The van der Waals surface area contributed by atoms with Crippen molar-refractivity contribution in [2.45, 2.75) is 0 Å². The summed E-state index contributed by atoms with van der Waals surface area (Å²) >= 11 is 13.9. The van der Waals surface area contributed by atoms with Gasteiger partial charge in [0.25, 0.3) is 0 Å². The predicted octanol–water partition coefficient (Wildman–Crippen LogP) is 4.71. The molecule has 96 valence electrons. The van der Waals surface area contributed by atoms with Crippen molar-refractivity contribution >= 4 is 51.3 Å². The molecular formula is C13H9Cl2N3S. The topological polar surface area (TPSA) is 37.8 Å². The quantitative estimate of drug-likeness (QED) is 0.745. The zero-order chi connectivity index (χ0) is 13.4. The molecule has 0 bridgehead atoms. The van der Waals surface area contributed by atoms with Crippen LogP contribution in [0.5, 0.6) is 0 Å². The van der Waals surface area contributed by atoms with Gasteiger partial charge in [0.1, 0.15) is 5.82 Å². The molecule has 3 aromatic rings. The number of hydrogen-bond donors (Lipinski definition) is 1. The molecule has 0 amide bonds. The Morgan fingerprint density at radius 3 is 2.74 bits per heavy atom. The molecule has 0 spiro atoms. The van der Waals surface area contributed by atoms with Crippen LogP contribution >= 0.6 is 34.5 Å². The summed E-state index contributed by atoms with van der Waals surface area (Å²) < 4.78 is 0. The molecule has 2 aromatic heterocycles. The molecule has 3 nitrogen and oxygen atoms in total. The molecule has 2 heterocycles. The SMILES string of the molecule is CNc1nc(-c2ccsc2)nc2c(Cl)cc(Cl)cc12. The molecule has 3 rings (SSSR count). The van der Waals surface area contributed by atoms with Gasteiger partial charge in [-0.15, -0.1) is 0 Å². The Bertz CT molecular complexity index is 741. The monoisotopic (exact) mass is 309 g/mol. The molecule has 0 aliphatic heterocycles. The Labute approximate surface area is 124 Å². The highest BCUT2D eigenvalue weighted by atomic mass is 35.5. The third-order valence-electron chi connectivity index (χ3n) is 2.73. The smallest absolute Gasteiger partial charge is 0.163 e. The Hall–Kier alpha value is -1.36. The van der Waals surface area contributed by atoms with Gasteiger partial charge in [-0.1, -0.05) is 23.2 Å². The Morgan fingerprint density at radius 2 is 2.05 bits per heavy atom. The minimum atomic E-state index is 0.526. The lowest BCUT2D eigenvalue weighted by atomic mass is 10.2. The van der Waals surface area contributed by atoms with E-state index in [9.17, 15) is 0 Å². The van der Waals surface area contributed by atoms with E-state index in [0.29, 0.717) is 21.4 Å². The largest absolute Gasteiger partial charge is 0.373 e. The first-order chi connectivity index (χ1) is 9.19. The number of thiophene rings is 1. The van der Waals surface area contributed by atoms with Crippen molar-refractivity contribution in [1.82, 2.24) is 9.97 Å². The average Bonchev–Trinajstić information content (AvgIpc) is 2.91. The number of nitrogens with zero attached hydrogens (tertiary/aromatic N) is 2. The summed E-state index contributed by atoms with van der Waals surface area (Å²) in [7, 11) is 1.81. The van der Waals surface area contributed by atoms with Gasteiger partial charge < -0.3 is 5.32 Å². The third-order valence-corrected chi connectivity index (χ3v) is 3.92. The van der Waals surface area contributed by atoms with Gasteiger partial charge in [0.15, 0.2) is 5.82 Å². The van der Waals surface area contributed by atoms with E-state index in [1.54, 1.807) is 17.4 Å². The maximum atomic E-state index is 6.22. The van der Waals surface area contributed by atoms with E-state index >= 15 is 0 Å². The van der Waals surface area contributed by atoms with Crippen LogP contribution in [0.2, 0.25) is 10.0 Å². The van der Waals surface area contributed by atoms with Gasteiger partial charge in [-0.05, 0) is 23.6 Å². The fourth-order valence-corrected chi connectivity index (χ4v) is 3.04. The summed E-state index contributed by atoms with van der Waals surface area (Å²) in [5.74, 6) is 1.37. The number of rotatable bonds is 2. The molecule has 0 unspecified atom stereocenters. The lowest BCUT2D eigenvalue weighted by molar-refractivity contribution is 1.22. The molecule has 19 heavy (non-hydrogen) atoms. The van der Waals surface area contributed by atoms with Gasteiger partial charge in [0.2, 0.25) is 0 Å². The number of anilines is 1. The molecule has 0 saturated heterocycles. The Balaban J connectivity index is 2.34. The number of nitrogens with one attached hydrogen (secondary N) is 1. The molecule has 0 saturated carbocycles. The van der Waals surface area contributed by atoms with Crippen molar-refractivity contribution < 1.29 is 0 Å². The number of aromatic nitrogens is 2. The summed E-state index contributed by atoms with van der Waals surface area (Å²) in [5.41, 5.74) is 1.68. The van der Waals surface area contributed by atoms with E-state index in [4.69, 9.17) is 23.2 Å². The van der Waals surface area contributed by atoms with Crippen LogP contribution in [-0.4, -0.2) is 17.0 Å². The number of halogens is 2. The normalized spacial score (nSPS) is 10.9. The summed E-state index contributed by atoms with van der Waals surface area (Å²) in [6, 6.07) is 5.48. The van der Waals surface area contributed by atoms with Gasteiger partial charge in [0, 0.05) is 28.4 Å². The third kappa shape index (κ3) is 2.27. The van der Waals surface area contributed by atoms with Gasteiger partial charge in [-0.2, -0.15) is 11.3 Å². The highest BCUT2D eigenvalue weighted by Crippen LogP contribution is 2.32. The summed E-state index contributed by atoms with van der Waals surface area (Å²) in [5, 5.41) is 8.97. The van der Waals surface area contributed by atoms with Crippen LogP contribution in [0.3, 0.4) is 0 Å². The first kappa shape index (κ1) is 12.7. The van der Waals surface area contributed by atoms with Crippen molar-refractivity contribution in [1.29, 1.82) is 0 Å². The van der Waals surface area contributed by atoms with Gasteiger partial charge in [-0.25, -0.2) is 9.97 Å². The van der Waals surface area contributed by atoms with Crippen LogP contribution in [0, 0.1) is 0 Å². The standard InChI is InChI=1S/C13H9Cl2N3S/c1-16-13-9-4-8(14)5-10(15)11(9)17-12(18-13)7-2-3-19-6-7/h2-6H,1H3,(H,16,17,18). The first-order valence-corrected chi connectivity index (χ1v) is 7.26. The van der Waals surface area contributed by atoms with E-state index in [2.05, 4.69) is 15.3 Å². The van der Waals surface area contributed by atoms with Crippen molar-refractivity contribution in [3.8, 4) is 11.4 Å². The minimum Gasteiger partial charge on any atom is -0.373 e. The molecule has 0 aliphatic rings. The second-order valence-electron chi connectivity index (χ2n) is 3.94. The maximum Gasteiger partial charge on any atom is 0.163 e. The lowest BCUT2D eigenvalue weighted by Gasteiger charge is -2.09. The fraction of sp³-hybridized carbons (Fsp3) is 0.0769. The second kappa shape index (κ2) is 4.96. The van der Waals surface area contributed by atoms with Crippen LogP contribution in [0.25, 0.3) is 22.3 Å². The van der Waals surface area contributed by atoms with E-state index in [1.165, 1.54) is 0 Å². The molecule has 1 N–H and O–H groups in total. The van der Waals surface area contributed by atoms with Crippen LogP contribution in [0.15, 0.2) is 29.0 Å². The van der Waals surface area contributed by atoms with Gasteiger partial charge in [0.05, 0.1) is 10.5 Å². The zero-order valence-electron chi connectivity index (χ0n) is 9.95. The van der Waals surface area contributed by atoms with E-state index in [1.807, 2.05) is 29.9 Å². The van der Waals surface area contributed by atoms with Gasteiger partial charge in [-0.3, -0.25) is 0 Å². The number of hydrogen-bond acceptors (Lipinski definition) is 4. The van der Waals surface area contributed by atoms with Crippen molar-refractivity contribution in [3.63, 3.8) is 0 Å². The molecule has 6 heteroatoms. The number of benzene rings is 1. The Kier molecular flexibility index (Phi) is 3.31. The van der Waals surface area contributed by atoms with Crippen LogP contribution in [-0.2, 0) is 0 Å². The predicted molar refractivity (Wildman–Crippen MR) is 82.4 cm³/mol. The van der Waals surface area contributed by atoms with Crippen molar-refractivity contribution in [2.24, 2.45) is 0 Å². The summed E-state index contributed by atoms with van der Waals surface area (Å²) in [6.07, 6.45) is 0.